The topological polar surface area (TPSA) is 80.4 Å². The molecule has 3 N–H and O–H groups in total. The van der Waals surface area contributed by atoms with E-state index >= 15 is 0 Å². The average molecular weight is 233 g/mol. The van der Waals surface area contributed by atoms with Crippen molar-refractivity contribution in [3.63, 3.8) is 0 Å². The Morgan fingerprint density at radius 2 is 1.71 bits per heavy atom. The van der Waals surface area contributed by atoms with Gasteiger partial charge >= 0.3 is 6.18 Å². The first-order chi connectivity index (χ1) is 5.96. The lowest BCUT2D eigenvalue weighted by Crippen LogP contribution is -2.58. The summed E-state index contributed by atoms with van der Waals surface area (Å²) in [6.45, 7) is 0.435. The Labute approximate surface area is 78.9 Å². The normalized spacial score (nSPS) is 25.6. The molecule has 1 rings (SSSR count). The highest BCUT2D eigenvalue weighted by Crippen LogP contribution is 2.55. The minimum absolute atomic E-state index is 0.266. The first-order valence-corrected chi connectivity index (χ1v) is 5.32. The largest absolute Gasteiger partial charge is 0.418 e. The Morgan fingerprint density at radius 1 is 1.36 bits per heavy atom. The number of aliphatic hydroxyl groups is 1. The molecule has 0 aromatic rings. The van der Waals surface area contributed by atoms with Gasteiger partial charge in [0.15, 0.2) is 5.60 Å². The fourth-order valence-electron chi connectivity index (χ4n) is 1.42. The van der Waals surface area contributed by atoms with E-state index in [0.29, 0.717) is 6.92 Å². The SMILES string of the molecule is CC(O)(C(F)(F)F)C1(S(N)(=O)=O)CC1. The van der Waals surface area contributed by atoms with Gasteiger partial charge in [0.05, 0.1) is 0 Å². The second kappa shape index (κ2) is 2.61. The summed E-state index contributed by atoms with van der Waals surface area (Å²) in [6.07, 6.45) is -5.54. The van der Waals surface area contributed by atoms with Crippen molar-refractivity contribution in [2.45, 2.75) is 36.3 Å². The van der Waals surface area contributed by atoms with E-state index in [2.05, 4.69) is 5.14 Å². The number of nitrogens with two attached hydrogens (primary N) is 1. The Kier molecular flexibility index (Phi) is 2.19. The van der Waals surface area contributed by atoms with Gasteiger partial charge in [-0.3, -0.25) is 0 Å². The second-order valence-corrected chi connectivity index (χ2v) is 5.48. The second-order valence-electron chi connectivity index (χ2n) is 3.61. The number of primary sulfonamides is 1. The Hall–Kier alpha value is -0.340. The van der Waals surface area contributed by atoms with Gasteiger partial charge in [-0.1, -0.05) is 0 Å². The molecule has 1 unspecified atom stereocenters. The van der Waals surface area contributed by atoms with E-state index in [0.717, 1.165) is 0 Å². The van der Waals surface area contributed by atoms with Crippen LogP contribution < -0.4 is 5.14 Å². The van der Waals surface area contributed by atoms with Gasteiger partial charge in [0.2, 0.25) is 10.0 Å². The van der Waals surface area contributed by atoms with E-state index < -0.39 is 26.5 Å². The van der Waals surface area contributed by atoms with Crippen LogP contribution in [-0.2, 0) is 10.0 Å². The molecule has 0 aromatic carbocycles. The molecule has 0 aromatic heterocycles. The summed E-state index contributed by atoms with van der Waals surface area (Å²) in [4.78, 5) is 0. The van der Waals surface area contributed by atoms with Crippen molar-refractivity contribution in [1.82, 2.24) is 0 Å². The fraction of sp³-hybridized carbons (Fsp3) is 1.00. The lowest BCUT2D eigenvalue weighted by Gasteiger charge is -2.33. The molecule has 0 bridgehead atoms. The zero-order chi connectivity index (χ0) is 11.4. The molecule has 4 nitrogen and oxygen atoms in total. The summed E-state index contributed by atoms with van der Waals surface area (Å²) < 4.78 is 56.6. The van der Waals surface area contributed by atoms with Crippen molar-refractivity contribution in [3.05, 3.63) is 0 Å². The van der Waals surface area contributed by atoms with Crippen LogP contribution in [0.2, 0.25) is 0 Å². The minimum Gasteiger partial charge on any atom is -0.379 e. The third kappa shape index (κ3) is 1.32. The maximum atomic E-state index is 12.3. The molecule has 0 spiro atoms. The number of hydrogen-bond donors (Lipinski definition) is 2. The van der Waals surface area contributed by atoms with Crippen molar-refractivity contribution < 1.29 is 26.7 Å². The molecule has 0 aliphatic heterocycles. The first kappa shape index (κ1) is 11.7. The highest BCUT2D eigenvalue weighted by molar-refractivity contribution is 7.91. The zero-order valence-electron chi connectivity index (χ0n) is 7.30. The summed E-state index contributed by atoms with van der Waals surface area (Å²) in [5, 5.41) is 13.9. The summed E-state index contributed by atoms with van der Waals surface area (Å²) in [7, 11) is -4.40. The third-order valence-corrected chi connectivity index (χ3v) is 4.58. The number of sulfonamides is 1. The van der Waals surface area contributed by atoms with E-state index in [4.69, 9.17) is 0 Å². The van der Waals surface area contributed by atoms with Gasteiger partial charge in [0.1, 0.15) is 4.75 Å². The van der Waals surface area contributed by atoms with Crippen LogP contribution in [-0.4, -0.2) is 30.0 Å². The molecule has 1 fully saturated rings. The summed E-state index contributed by atoms with van der Waals surface area (Å²) >= 11 is 0. The molecule has 1 saturated carbocycles. The molecule has 0 amide bonds. The Bertz CT molecular complexity index is 342. The predicted octanol–water partition coefficient (Wildman–Crippen LogP) is 0.121. The smallest absolute Gasteiger partial charge is 0.379 e. The third-order valence-electron chi connectivity index (χ3n) is 2.69. The van der Waals surface area contributed by atoms with Crippen LogP contribution in [0.3, 0.4) is 0 Å². The van der Waals surface area contributed by atoms with Crippen molar-refractivity contribution in [1.29, 1.82) is 0 Å². The molecule has 0 heterocycles. The minimum atomic E-state index is -5.00. The molecule has 0 saturated heterocycles. The molecular weight excluding hydrogens is 223 g/mol. The van der Waals surface area contributed by atoms with Gasteiger partial charge < -0.3 is 5.11 Å². The van der Waals surface area contributed by atoms with Crippen LogP contribution in [0.15, 0.2) is 0 Å². The van der Waals surface area contributed by atoms with E-state index in [-0.39, 0.29) is 12.8 Å². The summed E-state index contributed by atoms with van der Waals surface area (Å²) in [5.74, 6) is 0. The molecular formula is C6H10F3NO3S. The number of rotatable bonds is 2. The molecule has 1 aliphatic rings. The lowest BCUT2D eigenvalue weighted by atomic mass is 9.99. The number of alkyl halides is 3. The van der Waals surface area contributed by atoms with Crippen LogP contribution in [0.5, 0.6) is 0 Å². The van der Waals surface area contributed by atoms with Crippen LogP contribution in [0.1, 0.15) is 19.8 Å². The predicted molar refractivity (Wildman–Crippen MR) is 41.8 cm³/mol. The van der Waals surface area contributed by atoms with Crippen LogP contribution in [0, 0.1) is 0 Å². The van der Waals surface area contributed by atoms with E-state index in [9.17, 15) is 26.7 Å². The maximum Gasteiger partial charge on any atom is 0.418 e. The number of halogens is 3. The van der Waals surface area contributed by atoms with Gasteiger partial charge in [-0.25, -0.2) is 13.6 Å². The van der Waals surface area contributed by atoms with Crippen molar-refractivity contribution >= 4 is 10.0 Å². The monoisotopic (exact) mass is 233 g/mol. The number of hydrogen-bond acceptors (Lipinski definition) is 3. The Morgan fingerprint density at radius 3 is 1.79 bits per heavy atom. The highest BCUT2D eigenvalue weighted by atomic mass is 32.2. The molecule has 84 valence electrons. The van der Waals surface area contributed by atoms with Crippen LogP contribution in [0.4, 0.5) is 13.2 Å². The zero-order valence-corrected chi connectivity index (χ0v) is 8.11. The fourth-order valence-corrected chi connectivity index (χ4v) is 2.76. The molecule has 1 aliphatic carbocycles. The van der Waals surface area contributed by atoms with Crippen molar-refractivity contribution in [3.8, 4) is 0 Å². The van der Waals surface area contributed by atoms with Crippen molar-refractivity contribution in [2.75, 3.05) is 0 Å². The molecule has 14 heavy (non-hydrogen) atoms. The van der Waals surface area contributed by atoms with Gasteiger partial charge in [0.25, 0.3) is 0 Å². The summed E-state index contributed by atoms with van der Waals surface area (Å²) in [5.41, 5.74) is -3.28. The van der Waals surface area contributed by atoms with Gasteiger partial charge in [-0.05, 0) is 19.8 Å². The quantitative estimate of drug-likeness (QED) is 0.711. The first-order valence-electron chi connectivity index (χ1n) is 3.77. The molecule has 1 atom stereocenters. The summed E-state index contributed by atoms with van der Waals surface area (Å²) in [6, 6.07) is 0. The van der Waals surface area contributed by atoms with E-state index in [1.54, 1.807) is 0 Å². The van der Waals surface area contributed by atoms with E-state index in [1.165, 1.54) is 0 Å². The van der Waals surface area contributed by atoms with E-state index in [1.807, 2.05) is 0 Å². The maximum absolute atomic E-state index is 12.3. The van der Waals surface area contributed by atoms with Gasteiger partial charge in [-0.15, -0.1) is 0 Å². The highest BCUT2D eigenvalue weighted by Gasteiger charge is 2.74. The lowest BCUT2D eigenvalue weighted by molar-refractivity contribution is -0.256. The van der Waals surface area contributed by atoms with Crippen LogP contribution >= 0.6 is 0 Å². The van der Waals surface area contributed by atoms with Crippen LogP contribution in [0.25, 0.3) is 0 Å². The average Bonchev–Trinajstić information content (AvgIpc) is 2.58. The Balaban J connectivity index is 3.19. The van der Waals surface area contributed by atoms with Gasteiger partial charge in [0, 0.05) is 0 Å². The van der Waals surface area contributed by atoms with Crippen molar-refractivity contribution in [2.24, 2.45) is 5.14 Å². The standard InChI is InChI=1S/C6H10F3NO3S/c1-4(11,6(7,8)9)5(2-3-5)14(10,12)13/h11H,2-3H2,1H3,(H2,10,12,13). The molecule has 8 heteroatoms. The van der Waals surface area contributed by atoms with Gasteiger partial charge in [-0.2, -0.15) is 13.2 Å². The molecule has 0 radical (unpaired) electrons.